The van der Waals surface area contributed by atoms with E-state index in [1.165, 1.54) is 0 Å². The summed E-state index contributed by atoms with van der Waals surface area (Å²) < 4.78 is 28.8. The second-order valence-electron chi connectivity index (χ2n) is 5.80. The number of benzene rings is 1. The highest BCUT2D eigenvalue weighted by atomic mass is 32.2. The molecule has 0 atom stereocenters. The summed E-state index contributed by atoms with van der Waals surface area (Å²) in [6.07, 6.45) is 3.47. The molecule has 0 aliphatic rings. The molecule has 9 heteroatoms. The largest absolute Gasteiger partial charge is 0.337 e. The average Bonchev–Trinajstić information content (AvgIpc) is 2.97. The van der Waals surface area contributed by atoms with E-state index in [0.29, 0.717) is 12.1 Å². The maximum absolute atomic E-state index is 12.3. The molecule has 25 heavy (non-hydrogen) atoms. The number of carbonyl (C=O) groups is 1. The van der Waals surface area contributed by atoms with Gasteiger partial charge in [0, 0.05) is 38.4 Å². The summed E-state index contributed by atoms with van der Waals surface area (Å²) >= 11 is 0. The summed E-state index contributed by atoms with van der Waals surface area (Å²) in [6, 6.07) is 4.90. The molecular weight excluding hydrogens is 342 g/mol. The summed E-state index contributed by atoms with van der Waals surface area (Å²) in [5.74, 6) is 0. The highest BCUT2D eigenvalue weighted by molar-refractivity contribution is 7.89. The van der Waals surface area contributed by atoms with Crippen LogP contribution in [0, 0.1) is 13.8 Å². The number of aromatic nitrogens is 2. The zero-order chi connectivity index (χ0) is 18.4. The van der Waals surface area contributed by atoms with Gasteiger partial charge in [0.05, 0.1) is 11.1 Å². The maximum atomic E-state index is 12.3. The number of sulfonamides is 1. The van der Waals surface area contributed by atoms with Gasteiger partial charge in [0.2, 0.25) is 10.0 Å². The fourth-order valence-electron chi connectivity index (χ4n) is 2.24. The molecule has 0 saturated heterocycles. The minimum absolute atomic E-state index is 0.107. The smallest absolute Gasteiger partial charge is 0.315 e. The summed E-state index contributed by atoms with van der Waals surface area (Å²) in [6.45, 7) is 4.23. The Labute approximate surface area is 147 Å². The van der Waals surface area contributed by atoms with Crippen LogP contribution in [0.2, 0.25) is 0 Å². The molecule has 2 aromatic rings. The SMILES string of the molecule is Cc1ccc(C)c(S(=O)(=O)NCCNC(=O)NCc2cnn(C)c2)c1. The van der Waals surface area contributed by atoms with Crippen molar-refractivity contribution in [3.8, 4) is 0 Å². The van der Waals surface area contributed by atoms with E-state index in [-0.39, 0.29) is 24.0 Å². The van der Waals surface area contributed by atoms with E-state index < -0.39 is 10.0 Å². The van der Waals surface area contributed by atoms with E-state index >= 15 is 0 Å². The molecule has 0 bridgehead atoms. The molecule has 0 unspecified atom stereocenters. The van der Waals surface area contributed by atoms with Crippen molar-refractivity contribution in [2.24, 2.45) is 7.05 Å². The number of nitrogens with one attached hydrogen (secondary N) is 3. The van der Waals surface area contributed by atoms with Crippen LogP contribution < -0.4 is 15.4 Å². The van der Waals surface area contributed by atoms with E-state index in [9.17, 15) is 13.2 Å². The molecule has 3 N–H and O–H groups in total. The number of nitrogens with zero attached hydrogens (tertiary/aromatic N) is 2. The lowest BCUT2D eigenvalue weighted by Crippen LogP contribution is -2.40. The third-order valence-corrected chi connectivity index (χ3v) is 5.15. The minimum Gasteiger partial charge on any atom is -0.337 e. The molecule has 1 aromatic heterocycles. The Morgan fingerprint density at radius 2 is 1.96 bits per heavy atom. The van der Waals surface area contributed by atoms with Crippen LogP contribution in [0.1, 0.15) is 16.7 Å². The zero-order valence-electron chi connectivity index (χ0n) is 14.5. The van der Waals surface area contributed by atoms with E-state index in [1.54, 1.807) is 43.2 Å². The Bertz CT molecular complexity index is 845. The lowest BCUT2D eigenvalue weighted by molar-refractivity contribution is 0.240. The second-order valence-corrected chi connectivity index (χ2v) is 7.53. The fraction of sp³-hybridized carbons (Fsp3) is 0.375. The molecule has 0 saturated carbocycles. The first-order valence-corrected chi connectivity index (χ1v) is 9.32. The quantitative estimate of drug-likeness (QED) is 0.632. The van der Waals surface area contributed by atoms with Crippen LogP contribution in [-0.4, -0.2) is 37.3 Å². The van der Waals surface area contributed by atoms with Gasteiger partial charge in [-0.05, 0) is 31.0 Å². The molecule has 2 amide bonds. The normalized spacial score (nSPS) is 11.3. The van der Waals surface area contributed by atoms with Crippen molar-refractivity contribution in [1.82, 2.24) is 25.1 Å². The topological polar surface area (TPSA) is 105 Å². The number of hydrogen-bond acceptors (Lipinski definition) is 4. The van der Waals surface area contributed by atoms with Crippen molar-refractivity contribution in [2.75, 3.05) is 13.1 Å². The molecule has 0 fully saturated rings. The van der Waals surface area contributed by atoms with Gasteiger partial charge in [-0.2, -0.15) is 5.10 Å². The molecule has 8 nitrogen and oxygen atoms in total. The van der Waals surface area contributed by atoms with Crippen LogP contribution in [-0.2, 0) is 23.6 Å². The van der Waals surface area contributed by atoms with Gasteiger partial charge in [-0.1, -0.05) is 12.1 Å². The van der Waals surface area contributed by atoms with Crippen LogP contribution in [0.4, 0.5) is 4.79 Å². The van der Waals surface area contributed by atoms with Crippen LogP contribution in [0.5, 0.6) is 0 Å². The third kappa shape index (κ3) is 5.57. The molecular formula is C16H23N5O3S. The van der Waals surface area contributed by atoms with E-state index in [1.807, 2.05) is 13.0 Å². The summed E-state index contributed by atoms with van der Waals surface area (Å²) in [7, 11) is -1.80. The number of urea groups is 1. The lowest BCUT2D eigenvalue weighted by atomic mass is 10.2. The van der Waals surface area contributed by atoms with Crippen LogP contribution in [0.25, 0.3) is 0 Å². The van der Waals surface area contributed by atoms with Gasteiger partial charge in [-0.15, -0.1) is 0 Å². The van der Waals surface area contributed by atoms with Crippen LogP contribution in [0.15, 0.2) is 35.5 Å². The molecule has 136 valence electrons. The van der Waals surface area contributed by atoms with Gasteiger partial charge in [0.15, 0.2) is 0 Å². The van der Waals surface area contributed by atoms with Crippen molar-refractivity contribution in [3.63, 3.8) is 0 Å². The van der Waals surface area contributed by atoms with E-state index in [2.05, 4.69) is 20.5 Å². The Hall–Kier alpha value is -2.39. The van der Waals surface area contributed by atoms with E-state index in [0.717, 1.165) is 11.1 Å². The third-order valence-electron chi connectivity index (χ3n) is 3.55. The molecule has 1 heterocycles. The van der Waals surface area contributed by atoms with Crippen molar-refractivity contribution in [2.45, 2.75) is 25.3 Å². The number of amides is 2. The molecule has 1 aromatic carbocycles. The van der Waals surface area contributed by atoms with Gasteiger partial charge in [-0.3, -0.25) is 4.68 Å². The predicted molar refractivity (Wildman–Crippen MR) is 94.6 cm³/mol. The average molecular weight is 365 g/mol. The fourth-order valence-corrected chi connectivity index (χ4v) is 3.60. The summed E-state index contributed by atoms with van der Waals surface area (Å²) in [5.41, 5.74) is 2.44. The van der Waals surface area contributed by atoms with Gasteiger partial charge < -0.3 is 10.6 Å². The predicted octanol–water partition coefficient (Wildman–Crippen LogP) is 0.815. The van der Waals surface area contributed by atoms with Gasteiger partial charge in [-0.25, -0.2) is 17.9 Å². The molecule has 0 aliphatic heterocycles. The Morgan fingerprint density at radius 1 is 1.20 bits per heavy atom. The van der Waals surface area contributed by atoms with Gasteiger partial charge >= 0.3 is 6.03 Å². The molecule has 0 spiro atoms. The number of aryl methyl sites for hydroxylation is 3. The van der Waals surface area contributed by atoms with E-state index in [4.69, 9.17) is 0 Å². The Balaban J connectivity index is 1.76. The van der Waals surface area contributed by atoms with Gasteiger partial charge in [0.25, 0.3) is 0 Å². The first kappa shape index (κ1) is 18.9. The highest BCUT2D eigenvalue weighted by Gasteiger charge is 2.16. The van der Waals surface area contributed by atoms with Gasteiger partial charge in [0.1, 0.15) is 0 Å². The monoisotopic (exact) mass is 365 g/mol. The van der Waals surface area contributed by atoms with Crippen molar-refractivity contribution >= 4 is 16.1 Å². The first-order chi connectivity index (χ1) is 11.8. The molecule has 2 rings (SSSR count). The lowest BCUT2D eigenvalue weighted by Gasteiger charge is -2.11. The Morgan fingerprint density at radius 3 is 2.64 bits per heavy atom. The maximum Gasteiger partial charge on any atom is 0.315 e. The number of carbonyl (C=O) groups excluding carboxylic acids is 1. The minimum atomic E-state index is -3.60. The standard InChI is InChI=1S/C16H23N5O3S/c1-12-4-5-13(2)15(8-12)25(23,24)20-7-6-17-16(22)18-9-14-10-19-21(3)11-14/h4-5,8,10-11,20H,6-7,9H2,1-3H3,(H2,17,18,22). The Kier molecular flexibility index (Phi) is 6.16. The zero-order valence-corrected chi connectivity index (χ0v) is 15.4. The first-order valence-electron chi connectivity index (χ1n) is 7.84. The number of rotatable bonds is 7. The van der Waals surface area contributed by atoms with Crippen LogP contribution >= 0.6 is 0 Å². The summed E-state index contributed by atoms with van der Waals surface area (Å²) in [5, 5.41) is 9.29. The van der Waals surface area contributed by atoms with Crippen LogP contribution in [0.3, 0.4) is 0 Å². The van der Waals surface area contributed by atoms with Crippen molar-refractivity contribution in [1.29, 1.82) is 0 Å². The summed E-state index contributed by atoms with van der Waals surface area (Å²) in [4.78, 5) is 11.9. The number of hydrogen-bond donors (Lipinski definition) is 3. The van der Waals surface area contributed by atoms with Crippen molar-refractivity contribution < 1.29 is 13.2 Å². The molecule has 0 radical (unpaired) electrons. The highest BCUT2D eigenvalue weighted by Crippen LogP contribution is 2.16. The molecule has 0 aliphatic carbocycles. The van der Waals surface area contributed by atoms with Crippen molar-refractivity contribution in [3.05, 3.63) is 47.3 Å². The second kappa shape index (κ2) is 8.13.